The Balaban J connectivity index is 1.78. The number of imidazole rings is 1. The molecule has 3 aromatic carbocycles. The highest BCUT2D eigenvalue weighted by atomic mass is 15.4. The maximum absolute atomic E-state index is 4.80. The molecule has 0 spiro atoms. The van der Waals surface area contributed by atoms with Crippen LogP contribution >= 0.6 is 0 Å². The standard InChI is InChI=1S/C24H21N5/c1-16-25-24(20-13-9-15-22-23(20)26-17(2)28(22)3)29(27-16)21-14-8-7-12-19(21)18-10-5-4-6-11-18/h4-15H,1-3H3. The lowest BCUT2D eigenvalue weighted by Gasteiger charge is -2.12. The molecule has 29 heavy (non-hydrogen) atoms. The van der Waals surface area contributed by atoms with Crippen LogP contribution in [0.3, 0.4) is 0 Å². The number of hydrogen-bond acceptors (Lipinski definition) is 3. The van der Waals surface area contributed by atoms with Gasteiger partial charge in [0, 0.05) is 18.2 Å². The van der Waals surface area contributed by atoms with Crippen LogP contribution in [0.4, 0.5) is 0 Å². The van der Waals surface area contributed by atoms with Gasteiger partial charge in [-0.2, -0.15) is 5.10 Å². The van der Waals surface area contributed by atoms with Crippen molar-refractivity contribution in [3.63, 3.8) is 0 Å². The highest BCUT2D eigenvalue weighted by Crippen LogP contribution is 2.32. The molecule has 0 aliphatic carbocycles. The van der Waals surface area contributed by atoms with Gasteiger partial charge in [-0.1, -0.05) is 54.6 Å². The molecule has 0 saturated heterocycles. The van der Waals surface area contributed by atoms with E-state index in [-0.39, 0.29) is 0 Å². The molecule has 5 rings (SSSR count). The van der Waals surface area contributed by atoms with Gasteiger partial charge in [-0.15, -0.1) is 0 Å². The van der Waals surface area contributed by atoms with Gasteiger partial charge in [0.1, 0.15) is 11.6 Å². The molecule has 2 aromatic heterocycles. The lowest BCUT2D eigenvalue weighted by Crippen LogP contribution is -2.02. The zero-order chi connectivity index (χ0) is 20.0. The quantitative estimate of drug-likeness (QED) is 0.438. The van der Waals surface area contributed by atoms with Gasteiger partial charge in [0.15, 0.2) is 5.82 Å². The molecule has 0 saturated carbocycles. The van der Waals surface area contributed by atoms with Crippen LogP contribution in [0, 0.1) is 13.8 Å². The minimum atomic E-state index is 0.729. The van der Waals surface area contributed by atoms with Crippen molar-refractivity contribution in [3.8, 4) is 28.2 Å². The molecule has 5 heteroatoms. The van der Waals surface area contributed by atoms with Crippen LogP contribution in [0.2, 0.25) is 0 Å². The fourth-order valence-corrected chi connectivity index (χ4v) is 3.79. The molecule has 5 nitrogen and oxygen atoms in total. The fourth-order valence-electron chi connectivity index (χ4n) is 3.79. The van der Waals surface area contributed by atoms with Crippen LogP contribution in [-0.4, -0.2) is 24.3 Å². The molecule has 0 amide bonds. The molecule has 2 heterocycles. The summed E-state index contributed by atoms with van der Waals surface area (Å²) in [5.74, 6) is 2.50. The van der Waals surface area contributed by atoms with E-state index < -0.39 is 0 Å². The first kappa shape index (κ1) is 17.4. The first-order valence-electron chi connectivity index (χ1n) is 9.64. The largest absolute Gasteiger partial charge is 0.331 e. The monoisotopic (exact) mass is 379 g/mol. The average Bonchev–Trinajstić information content (AvgIpc) is 3.28. The van der Waals surface area contributed by atoms with Crippen molar-refractivity contribution >= 4 is 11.0 Å². The van der Waals surface area contributed by atoms with Crippen LogP contribution in [-0.2, 0) is 7.05 Å². The van der Waals surface area contributed by atoms with Gasteiger partial charge in [-0.3, -0.25) is 0 Å². The Labute approximate surface area is 169 Å². The van der Waals surface area contributed by atoms with Crippen LogP contribution in [0.5, 0.6) is 0 Å². The Hall–Kier alpha value is -3.73. The number of aryl methyl sites for hydroxylation is 3. The summed E-state index contributed by atoms with van der Waals surface area (Å²) in [7, 11) is 2.04. The summed E-state index contributed by atoms with van der Waals surface area (Å²) in [6.45, 7) is 3.94. The third-order valence-electron chi connectivity index (χ3n) is 5.31. The lowest BCUT2D eigenvalue weighted by molar-refractivity contribution is 0.871. The highest BCUT2D eigenvalue weighted by molar-refractivity contribution is 5.91. The summed E-state index contributed by atoms with van der Waals surface area (Å²) in [5.41, 5.74) is 6.27. The minimum absolute atomic E-state index is 0.729. The molecular formula is C24H21N5. The minimum Gasteiger partial charge on any atom is -0.331 e. The van der Waals surface area contributed by atoms with Crippen molar-refractivity contribution in [2.24, 2.45) is 7.05 Å². The lowest BCUT2D eigenvalue weighted by atomic mass is 10.0. The van der Waals surface area contributed by atoms with Crippen LogP contribution in [0.25, 0.3) is 39.2 Å². The maximum Gasteiger partial charge on any atom is 0.165 e. The zero-order valence-corrected chi connectivity index (χ0v) is 16.7. The van der Waals surface area contributed by atoms with Gasteiger partial charge in [-0.25, -0.2) is 14.6 Å². The van der Waals surface area contributed by atoms with Gasteiger partial charge in [0.25, 0.3) is 0 Å². The molecule has 0 aliphatic heterocycles. The smallest absolute Gasteiger partial charge is 0.165 e. The van der Waals surface area contributed by atoms with Crippen molar-refractivity contribution < 1.29 is 0 Å². The SMILES string of the molecule is Cc1nc(-c2cccc3c2nc(C)n3C)n(-c2ccccc2-c2ccccc2)n1. The van der Waals surface area contributed by atoms with E-state index in [0.29, 0.717) is 0 Å². The molecule has 5 aromatic rings. The Bertz CT molecular complexity index is 1330. The molecule has 0 fully saturated rings. The number of fused-ring (bicyclic) bond motifs is 1. The number of benzene rings is 3. The van der Waals surface area contributed by atoms with Crippen molar-refractivity contribution in [1.82, 2.24) is 24.3 Å². The topological polar surface area (TPSA) is 48.5 Å². The number of hydrogen-bond donors (Lipinski definition) is 0. The Morgan fingerprint density at radius 1 is 0.724 bits per heavy atom. The molecule has 0 unspecified atom stereocenters. The van der Waals surface area contributed by atoms with E-state index in [2.05, 4.69) is 65.2 Å². The molecule has 0 bridgehead atoms. The number of nitrogens with zero attached hydrogens (tertiary/aromatic N) is 5. The molecule has 0 aliphatic rings. The number of aromatic nitrogens is 5. The van der Waals surface area contributed by atoms with Crippen molar-refractivity contribution in [1.29, 1.82) is 0 Å². The predicted octanol–water partition coefficient (Wildman–Crippen LogP) is 5.10. The first-order valence-corrected chi connectivity index (χ1v) is 9.64. The Morgan fingerprint density at radius 2 is 1.45 bits per heavy atom. The predicted molar refractivity (Wildman–Crippen MR) is 116 cm³/mol. The molecule has 142 valence electrons. The van der Waals surface area contributed by atoms with Crippen LogP contribution in [0.15, 0.2) is 72.8 Å². The molecular weight excluding hydrogens is 358 g/mol. The van der Waals surface area contributed by atoms with Gasteiger partial charge in [0.05, 0.1) is 16.7 Å². The van der Waals surface area contributed by atoms with Crippen molar-refractivity contribution in [2.45, 2.75) is 13.8 Å². The van der Waals surface area contributed by atoms with E-state index in [9.17, 15) is 0 Å². The summed E-state index contributed by atoms with van der Waals surface area (Å²) in [6, 6.07) is 24.9. The van der Waals surface area contributed by atoms with Gasteiger partial charge in [-0.05, 0) is 37.6 Å². The van der Waals surface area contributed by atoms with E-state index in [1.54, 1.807) is 0 Å². The number of rotatable bonds is 3. The molecule has 0 radical (unpaired) electrons. The normalized spacial score (nSPS) is 11.3. The van der Waals surface area contributed by atoms with Gasteiger partial charge < -0.3 is 4.57 Å². The molecule has 0 N–H and O–H groups in total. The van der Waals surface area contributed by atoms with E-state index in [4.69, 9.17) is 15.1 Å². The van der Waals surface area contributed by atoms with Crippen molar-refractivity contribution in [3.05, 3.63) is 84.4 Å². The van der Waals surface area contributed by atoms with Crippen LogP contribution in [0.1, 0.15) is 11.6 Å². The first-order chi connectivity index (χ1) is 14.1. The van der Waals surface area contributed by atoms with E-state index >= 15 is 0 Å². The second-order valence-electron chi connectivity index (χ2n) is 7.17. The Morgan fingerprint density at radius 3 is 2.28 bits per heavy atom. The maximum atomic E-state index is 4.80. The Kier molecular flexibility index (Phi) is 4.02. The highest BCUT2D eigenvalue weighted by Gasteiger charge is 2.19. The summed E-state index contributed by atoms with van der Waals surface area (Å²) in [4.78, 5) is 9.58. The van der Waals surface area contributed by atoms with E-state index in [1.807, 2.05) is 37.7 Å². The summed E-state index contributed by atoms with van der Waals surface area (Å²) in [5, 5.41) is 4.75. The van der Waals surface area contributed by atoms with Crippen LogP contribution < -0.4 is 0 Å². The second kappa shape index (κ2) is 6.71. The van der Waals surface area contributed by atoms with E-state index in [1.165, 1.54) is 0 Å². The molecule has 0 atom stereocenters. The van der Waals surface area contributed by atoms with Gasteiger partial charge in [0.2, 0.25) is 0 Å². The zero-order valence-electron chi connectivity index (χ0n) is 16.7. The van der Waals surface area contributed by atoms with Gasteiger partial charge >= 0.3 is 0 Å². The summed E-state index contributed by atoms with van der Waals surface area (Å²) >= 11 is 0. The summed E-state index contributed by atoms with van der Waals surface area (Å²) in [6.07, 6.45) is 0. The second-order valence-corrected chi connectivity index (χ2v) is 7.17. The third kappa shape index (κ3) is 2.83. The van der Waals surface area contributed by atoms with E-state index in [0.717, 1.165) is 50.9 Å². The third-order valence-corrected chi connectivity index (χ3v) is 5.31. The summed E-state index contributed by atoms with van der Waals surface area (Å²) < 4.78 is 4.04. The van der Waals surface area contributed by atoms with Crippen molar-refractivity contribution in [2.75, 3.05) is 0 Å². The fraction of sp³-hybridized carbons (Fsp3) is 0.125. The average molecular weight is 379 g/mol. The number of para-hydroxylation sites is 2.